The molecule has 1 aliphatic heterocycles. The molecular formula is C19H23NO4S. The summed E-state index contributed by atoms with van der Waals surface area (Å²) >= 11 is 0. The van der Waals surface area contributed by atoms with Crippen molar-refractivity contribution in [1.82, 2.24) is 4.90 Å². The lowest BCUT2D eigenvalue weighted by Gasteiger charge is -2.34. The molecule has 6 heteroatoms. The van der Waals surface area contributed by atoms with E-state index >= 15 is 0 Å². The van der Waals surface area contributed by atoms with Gasteiger partial charge in [-0.05, 0) is 38.5 Å². The minimum atomic E-state index is -1.41. The van der Waals surface area contributed by atoms with Gasteiger partial charge in [-0.2, -0.15) is 0 Å². The summed E-state index contributed by atoms with van der Waals surface area (Å²) in [6.45, 7) is 6.17. The Hall–Kier alpha value is -1.79. The van der Waals surface area contributed by atoms with E-state index in [0.717, 1.165) is 16.0 Å². The molecule has 5 nitrogen and oxygen atoms in total. The largest absolute Gasteiger partial charge is 0.373 e. The molecule has 1 aromatic rings. The molecule has 0 N–H and O–H groups in total. The second-order valence-electron chi connectivity index (χ2n) is 6.65. The van der Waals surface area contributed by atoms with Gasteiger partial charge in [0, 0.05) is 18.6 Å². The fourth-order valence-electron chi connectivity index (χ4n) is 3.71. The summed E-state index contributed by atoms with van der Waals surface area (Å²) in [5.41, 5.74) is 1.95. The van der Waals surface area contributed by atoms with Crippen LogP contribution in [0, 0.1) is 18.8 Å². The lowest BCUT2D eigenvalue weighted by atomic mass is 9.79. The molecule has 0 bridgehead atoms. The standard InChI is InChI=1S/C19H23NO4S/c1-5-24-17-12(3)10-14(15-16(17)19(22)20(4)18(15)21)25(23)13-8-6-11(2)7-9-13/h6-10,14-17H,5H2,1-4H3/t14-,15-,16-,17+,25+/m1/s1. The number of hydrogen-bond donors (Lipinski definition) is 0. The molecule has 134 valence electrons. The lowest BCUT2D eigenvalue weighted by molar-refractivity contribution is -0.139. The van der Waals surface area contributed by atoms with Gasteiger partial charge in [-0.25, -0.2) is 0 Å². The van der Waals surface area contributed by atoms with Crippen molar-refractivity contribution in [2.24, 2.45) is 11.8 Å². The van der Waals surface area contributed by atoms with Crippen LogP contribution < -0.4 is 0 Å². The van der Waals surface area contributed by atoms with Gasteiger partial charge >= 0.3 is 0 Å². The van der Waals surface area contributed by atoms with Crippen molar-refractivity contribution in [3.05, 3.63) is 41.5 Å². The SMILES string of the molecule is CCO[C@H]1C(C)=C[C@@H]([S@@](=O)c2ccc(C)cc2)[C@H]2C(=O)N(C)C(=O)[C@H]21. The number of ether oxygens (including phenoxy) is 1. The van der Waals surface area contributed by atoms with E-state index in [1.807, 2.05) is 51.1 Å². The van der Waals surface area contributed by atoms with Crippen LogP contribution >= 0.6 is 0 Å². The topological polar surface area (TPSA) is 63.7 Å². The molecule has 2 aliphatic rings. The first-order valence-corrected chi connectivity index (χ1v) is 9.66. The minimum absolute atomic E-state index is 0.244. The fraction of sp³-hybridized carbons (Fsp3) is 0.474. The third-order valence-electron chi connectivity index (χ3n) is 5.02. The summed E-state index contributed by atoms with van der Waals surface area (Å²) in [5, 5.41) is -0.522. The van der Waals surface area contributed by atoms with Gasteiger partial charge in [-0.3, -0.25) is 18.7 Å². The quantitative estimate of drug-likeness (QED) is 0.608. The molecule has 25 heavy (non-hydrogen) atoms. The van der Waals surface area contributed by atoms with Gasteiger partial charge in [-0.15, -0.1) is 0 Å². The van der Waals surface area contributed by atoms with E-state index < -0.39 is 34.0 Å². The van der Waals surface area contributed by atoms with Crippen LogP contribution in [0.4, 0.5) is 0 Å². The Morgan fingerprint density at radius 1 is 1.08 bits per heavy atom. The summed E-state index contributed by atoms with van der Waals surface area (Å²) in [4.78, 5) is 27.2. The number of amides is 2. The Labute approximate surface area is 150 Å². The number of aryl methyl sites for hydroxylation is 1. The van der Waals surface area contributed by atoms with Crippen molar-refractivity contribution < 1.29 is 18.5 Å². The van der Waals surface area contributed by atoms with Crippen LogP contribution in [0.25, 0.3) is 0 Å². The second kappa shape index (κ2) is 6.84. The highest BCUT2D eigenvalue weighted by Crippen LogP contribution is 2.42. The minimum Gasteiger partial charge on any atom is -0.373 e. The first-order valence-electron chi connectivity index (χ1n) is 8.45. The summed E-state index contributed by atoms with van der Waals surface area (Å²) < 4.78 is 18.9. The van der Waals surface area contributed by atoms with Gasteiger partial charge in [-0.1, -0.05) is 23.8 Å². The summed E-state index contributed by atoms with van der Waals surface area (Å²) in [7, 11) is 0.0827. The van der Waals surface area contributed by atoms with E-state index in [-0.39, 0.29) is 11.8 Å². The zero-order valence-electron chi connectivity index (χ0n) is 14.9. The van der Waals surface area contributed by atoms with E-state index in [9.17, 15) is 13.8 Å². The van der Waals surface area contributed by atoms with Gasteiger partial charge in [0.05, 0.1) is 34.0 Å². The molecule has 0 saturated carbocycles. The molecular weight excluding hydrogens is 338 g/mol. The fourth-order valence-corrected chi connectivity index (χ4v) is 5.31. The number of hydrogen-bond acceptors (Lipinski definition) is 4. The molecule has 0 spiro atoms. The van der Waals surface area contributed by atoms with Crippen LogP contribution in [0.5, 0.6) is 0 Å². The van der Waals surface area contributed by atoms with Gasteiger partial charge < -0.3 is 4.74 Å². The van der Waals surface area contributed by atoms with Crippen LogP contribution in [0.3, 0.4) is 0 Å². The number of carbonyl (C=O) groups is 2. The number of likely N-dealkylation sites (tertiary alicyclic amines) is 1. The maximum Gasteiger partial charge on any atom is 0.235 e. The van der Waals surface area contributed by atoms with E-state index in [0.29, 0.717) is 11.5 Å². The van der Waals surface area contributed by atoms with Crippen molar-refractivity contribution in [2.75, 3.05) is 13.7 Å². The van der Waals surface area contributed by atoms with Gasteiger partial charge in [0.15, 0.2) is 0 Å². The Kier molecular flexibility index (Phi) is 4.93. The average molecular weight is 361 g/mol. The number of benzene rings is 1. The van der Waals surface area contributed by atoms with E-state index in [1.54, 1.807) is 0 Å². The van der Waals surface area contributed by atoms with E-state index in [4.69, 9.17) is 4.74 Å². The van der Waals surface area contributed by atoms with Gasteiger partial charge in [0.1, 0.15) is 0 Å². The number of nitrogens with zero attached hydrogens (tertiary/aromatic N) is 1. The average Bonchev–Trinajstić information content (AvgIpc) is 2.82. The number of carbonyl (C=O) groups excluding carboxylic acids is 2. The zero-order valence-corrected chi connectivity index (χ0v) is 15.7. The Bertz CT molecular complexity index is 755. The Morgan fingerprint density at radius 2 is 1.68 bits per heavy atom. The molecule has 1 aliphatic carbocycles. The Balaban J connectivity index is 2.04. The van der Waals surface area contributed by atoms with Crippen molar-refractivity contribution in [3.63, 3.8) is 0 Å². The monoisotopic (exact) mass is 361 g/mol. The highest BCUT2D eigenvalue weighted by molar-refractivity contribution is 7.86. The first kappa shape index (κ1) is 18.0. The predicted octanol–water partition coefficient (Wildman–Crippen LogP) is 2.07. The number of rotatable bonds is 4. The predicted molar refractivity (Wildman–Crippen MR) is 95.3 cm³/mol. The maximum atomic E-state index is 13.2. The molecule has 1 aromatic carbocycles. The normalized spacial score (nSPS) is 30.2. The molecule has 3 rings (SSSR count). The van der Waals surface area contributed by atoms with Crippen molar-refractivity contribution in [3.8, 4) is 0 Å². The molecule has 0 radical (unpaired) electrons. The van der Waals surface area contributed by atoms with E-state index in [1.165, 1.54) is 7.05 Å². The lowest BCUT2D eigenvalue weighted by Crippen LogP contribution is -2.44. The number of imide groups is 1. The van der Waals surface area contributed by atoms with Crippen LogP contribution in [0.2, 0.25) is 0 Å². The molecule has 1 saturated heterocycles. The van der Waals surface area contributed by atoms with E-state index in [2.05, 4.69) is 0 Å². The molecule has 2 amide bonds. The second-order valence-corrected chi connectivity index (χ2v) is 8.26. The van der Waals surface area contributed by atoms with Crippen molar-refractivity contribution >= 4 is 22.6 Å². The van der Waals surface area contributed by atoms with Crippen molar-refractivity contribution in [2.45, 2.75) is 37.0 Å². The molecule has 5 atom stereocenters. The maximum absolute atomic E-state index is 13.2. The molecule has 0 unspecified atom stereocenters. The molecule has 0 aromatic heterocycles. The summed E-state index contributed by atoms with van der Waals surface area (Å²) in [6, 6.07) is 7.45. The zero-order chi connectivity index (χ0) is 18.3. The van der Waals surface area contributed by atoms with Crippen LogP contribution in [0.1, 0.15) is 19.4 Å². The van der Waals surface area contributed by atoms with Crippen LogP contribution in [0.15, 0.2) is 40.8 Å². The van der Waals surface area contributed by atoms with Crippen LogP contribution in [-0.2, 0) is 25.1 Å². The highest BCUT2D eigenvalue weighted by atomic mass is 32.2. The van der Waals surface area contributed by atoms with Crippen LogP contribution in [-0.4, -0.2) is 45.9 Å². The molecule has 1 fully saturated rings. The van der Waals surface area contributed by atoms with Crippen molar-refractivity contribution in [1.29, 1.82) is 0 Å². The smallest absolute Gasteiger partial charge is 0.235 e. The third kappa shape index (κ3) is 2.98. The van der Waals surface area contributed by atoms with Gasteiger partial charge in [0.2, 0.25) is 11.8 Å². The Morgan fingerprint density at radius 3 is 2.28 bits per heavy atom. The third-order valence-corrected chi connectivity index (χ3v) is 6.68. The summed E-state index contributed by atoms with van der Waals surface area (Å²) in [6.07, 6.45) is 1.43. The first-order chi connectivity index (χ1) is 11.9. The highest BCUT2D eigenvalue weighted by Gasteiger charge is 2.56. The van der Waals surface area contributed by atoms with Gasteiger partial charge in [0.25, 0.3) is 0 Å². The number of fused-ring (bicyclic) bond motifs is 1. The summed E-state index contributed by atoms with van der Waals surface area (Å²) in [5.74, 6) is -1.75. The molecule has 1 heterocycles.